The first-order chi connectivity index (χ1) is 15.1. The van der Waals surface area contributed by atoms with Crippen LogP contribution in [0.5, 0.6) is 0 Å². The maximum Gasteiger partial charge on any atom is 0.242 e. The highest BCUT2D eigenvalue weighted by molar-refractivity contribution is 7.92. The number of carbonyl (C=O) groups is 2. The lowest BCUT2D eigenvalue weighted by atomic mass is 10.2. The minimum absolute atomic E-state index is 0.00142. The van der Waals surface area contributed by atoms with Crippen molar-refractivity contribution in [1.29, 1.82) is 0 Å². The molecule has 2 aromatic rings. The van der Waals surface area contributed by atoms with E-state index in [-0.39, 0.29) is 29.4 Å². The third-order valence-electron chi connectivity index (χ3n) is 6.07. The Kier molecular flexibility index (Phi) is 7.64. The number of fused-ring (bicyclic) bond motifs is 1. The van der Waals surface area contributed by atoms with E-state index in [1.54, 1.807) is 21.6 Å². The Hall–Kier alpha value is -2.35. The quantitative estimate of drug-likeness (QED) is 0.632. The van der Waals surface area contributed by atoms with E-state index in [1.165, 1.54) is 6.20 Å². The monoisotopic (exact) mass is 461 g/mol. The largest absolute Gasteiger partial charge is 0.341 e. The molecule has 0 aliphatic carbocycles. The number of hydrogen-bond donors (Lipinski definition) is 0. The molecule has 1 aliphatic heterocycles. The van der Waals surface area contributed by atoms with Gasteiger partial charge in [-0.25, -0.2) is 8.42 Å². The van der Waals surface area contributed by atoms with E-state index in [9.17, 15) is 18.0 Å². The zero-order chi connectivity index (χ0) is 23.5. The minimum Gasteiger partial charge on any atom is -0.341 e. The molecule has 0 radical (unpaired) electrons. The molecule has 1 saturated heterocycles. The standard InChI is InChI=1S/C24H35N3O4S/c1-18(2)27(19(3)4)24(29)17-32(30,31)22-15-26(21-12-8-7-11-20(21)22)16-23(28)25-13-9-5-6-10-14-25/h7-8,11-12,15,18-19H,5-6,9-10,13-14,16-17H2,1-4H3. The number of rotatable bonds is 7. The van der Waals surface area contributed by atoms with Gasteiger partial charge in [0.15, 0.2) is 9.84 Å². The molecule has 0 N–H and O–H groups in total. The van der Waals surface area contributed by atoms with Crippen LogP contribution in [-0.4, -0.2) is 65.5 Å². The summed E-state index contributed by atoms with van der Waals surface area (Å²) in [6.45, 7) is 9.11. The highest BCUT2D eigenvalue weighted by Crippen LogP contribution is 2.27. The first kappa shape index (κ1) is 24.3. The van der Waals surface area contributed by atoms with Gasteiger partial charge in [0.05, 0.1) is 4.90 Å². The number of para-hydroxylation sites is 1. The van der Waals surface area contributed by atoms with Crippen molar-refractivity contribution in [2.75, 3.05) is 18.8 Å². The summed E-state index contributed by atoms with van der Waals surface area (Å²) in [6, 6.07) is 6.98. The highest BCUT2D eigenvalue weighted by Gasteiger charge is 2.29. The molecule has 0 unspecified atom stereocenters. The predicted octanol–water partition coefficient (Wildman–Crippen LogP) is 3.46. The van der Waals surface area contributed by atoms with Crippen molar-refractivity contribution in [3.8, 4) is 0 Å². The summed E-state index contributed by atoms with van der Waals surface area (Å²) in [6.07, 6.45) is 5.80. The fraction of sp³-hybridized carbons (Fsp3) is 0.583. The second-order valence-electron chi connectivity index (χ2n) is 9.18. The SMILES string of the molecule is CC(C)N(C(=O)CS(=O)(=O)c1cn(CC(=O)N2CCCCCC2)c2ccccc12)C(C)C. The van der Waals surface area contributed by atoms with Gasteiger partial charge in [-0.2, -0.15) is 0 Å². The number of benzene rings is 1. The lowest BCUT2D eigenvalue weighted by molar-refractivity contribution is -0.132. The number of likely N-dealkylation sites (tertiary alicyclic amines) is 1. The van der Waals surface area contributed by atoms with E-state index in [1.807, 2.05) is 44.7 Å². The molecule has 2 heterocycles. The molecule has 7 nitrogen and oxygen atoms in total. The molecule has 1 fully saturated rings. The molecule has 1 aromatic heterocycles. The average Bonchev–Trinajstić information content (AvgIpc) is 2.87. The van der Waals surface area contributed by atoms with Crippen molar-refractivity contribution < 1.29 is 18.0 Å². The van der Waals surface area contributed by atoms with Crippen LogP contribution in [0.25, 0.3) is 10.9 Å². The van der Waals surface area contributed by atoms with Crippen LogP contribution in [0.1, 0.15) is 53.4 Å². The van der Waals surface area contributed by atoms with Gasteiger partial charge in [0.1, 0.15) is 12.3 Å². The Labute approximate surface area is 191 Å². The summed E-state index contributed by atoms with van der Waals surface area (Å²) in [5, 5.41) is 0.546. The van der Waals surface area contributed by atoms with Crippen LogP contribution < -0.4 is 0 Å². The fourth-order valence-electron chi connectivity index (χ4n) is 4.64. The van der Waals surface area contributed by atoms with Crippen LogP contribution in [-0.2, 0) is 26.0 Å². The van der Waals surface area contributed by atoms with E-state index in [0.717, 1.165) is 38.8 Å². The highest BCUT2D eigenvalue weighted by atomic mass is 32.2. The molecule has 0 spiro atoms. The Morgan fingerprint density at radius 2 is 1.56 bits per heavy atom. The Bertz CT molecular complexity index is 1060. The molecule has 0 bridgehead atoms. The fourth-order valence-corrected chi connectivity index (χ4v) is 6.07. The summed E-state index contributed by atoms with van der Waals surface area (Å²) in [5.74, 6) is -0.997. The molecular formula is C24H35N3O4S. The van der Waals surface area contributed by atoms with Gasteiger partial charge in [-0.15, -0.1) is 0 Å². The second kappa shape index (κ2) is 10.1. The molecule has 32 heavy (non-hydrogen) atoms. The third kappa shape index (κ3) is 5.34. The van der Waals surface area contributed by atoms with Gasteiger partial charge in [-0.1, -0.05) is 31.0 Å². The summed E-state index contributed by atoms with van der Waals surface area (Å²) in [7, 11) is -3.88. The maximum absolute atomic E-state index is 13.3. The van der Waals surface area contributed by atoms with Gasteiger partial charge in [0.2, 0.25) is 11.8 Å². The normalized spacial score (nSPS) is 15.4. The van der Waals surface area contributed by atoms with Gasteiger partial charge in [-0.05, 0) is 46.6 Å². The van der Waals surface area contributed by atoms with Crippen molar-refractivity contribution in [3.05, 3.63) is 30.5 Å². The third-order valence-corrected chi connectivity index (χ3v) is 7.69. The van der Waals surface area contributed by atoms with E-state index in [4.69, 9.17) is 0 Å². The number of amides is 2. The maximum atomic E-state index is 13.3. The van der Waals surface area contributed by atoms with Gasteiger partial charge >= 0.3 is 0 Å². The average molecular weight is 462 g/mol. The van der Waals surface area contributed by atoms with Crippen LogP contribution in [0.4, 0.5) is 0 Å². The molecule has 1 aliphatic rings. The first-order valence-electron chi connectivity index (χ1n) is 11.5. The molecule has 0 atom stereocenters. The van der Waals surface area contributed by atoms with Crippen LogP contribution in [0.2, 0.25) is 0 Å². The van der Waals surface area contributed by atoms with Crippen LogP contribution >= 0.6 is 0 Å². The zero-order valence-corrected chi connectivity index (χ0v) is 20.4. The summed E-state index contributed by atoms with van der Waals surface area (Å²) < 4.78 is 28.3. The summed E-state index contributed by atoms with van der Waals surface area (Å²) in [5.41, 5.74) is 0.686. The van der Waals surface area contributed by atoms with Crippen LogP contribution in [0, 0.1) is 0 Å². The van der Waals surface area contributed by atoms with Crippen molar-refractivity contribution in [2.24, 2.45) is 0 Å². The zero-order valence-electron chi connectivity index (χ0n) is 19.6. The molecule has 1 aromatic carbocycles. The van der Waals surface area contributed by atoms with E-state index in [2.05, 4.69) is 0 Å². The van der Waals surface area contributed by atoms with Crippen molar-refractivity contribution >= 4 is 32.6 Å². The summed E-state index contributed by atoms with van der Waals surface area (Å²) in [4.78, 5) is 29.4. The first-order valence-corrected chi connectivity index (χ1v) is 13.2. The topological polar surface area (TPSA) is 79.7 Å². The molecular weight excluding hydrogens is 426 g/mol. The van der Waals surface area contributed by atoms with Crippen LogP contribution in [0.3, 0.4) is 0 Å². The molecule has 2 amide bonds. The molecule has 8 heteroatoms. The van der Waals surface area contributed by atoms with Gasteiger partial charge < -0.3 is 14.4 Å². The number of carbonyl (C=O) groups excluding carboxylic acids is 2. The molecule has 0 saturated carbocycles. The van der Waals surface area contributed by atoms with Gasteiger partial charge in [0, 0.05) is 42.3 Å². The minimum atomic E-state index is -3.88. The lowest BCUT2D eigenvalue weighted by Crippen LogP contribution is -2.44. The lowest BCUT2D eigenvalue weighted by Gasteiger charge is -2.30. The number of aromatic nitrogens is 1. The van der Waals surface area contributed by atoms with E-state index < -0.39 is 21.5 Å². The number of sulfone groups is 1. The van der Waals surface area contributed by atoms with E-state index >= 15 is 0 Å². The Morgan fingerprint density at radius 3 is 2.16 bits per heavy atom. The van der Waals surface area contributed by atoms with Gasteiger partial charge in [-0.3, -0.25) is 9.59 Å². The Morgan fingerprint density at radius 1 is 0.969 bits per heavy atom. The smallest absolute Gasteiger partial charge is 0.242 e. The molecule has 176 valence electrons. The summed E-state index contributed by atoms with van der Waals surface area (Å²) >= 11 is 0. The number of nitrogens with zero attached hydrogens (tertiary/aromatic N) is 3. The van der Waals surface area contributed by atoms with Crippen molar-refractivity contribution in [1.82, 2.24) is 14.4 Å². The molecule has 3 rings (SSSR count). The van der Waals surface area contributed by atoms with Crippen molar-refractivity contribution in [2.45, 2.75) is 76.9 Å². The van der Waals surface area contributed by atoms with Gasteiger partial charge in [0.25, 0.3) is 0 Å². The predicted molar refractivity (Wildman–Crippen MR) is 126 cm³/mol. The Balaban J connectivity index is 1.90. The number of hydrogen-bond acceptors (Lipinski definition) is 4. The van der Waals surface area contributed by atoms with Crippen LogP contribution in [0.15, 0.2) is 35.4 Å². The van der Waals surface area contributed by atoms with E-state index in [0.29, 0.717) is 10.9 Å². The second-order valence-corrected chi connectivity index (χ2v) is 11.1. The van der Waals surface area contributed by atoms with Crippen molar-refractivity contribution in [3.63, 3.8) is 0 Å².